The number of hydrogen-bond donors (Lipinski definition) is 3. The van der Waals surface area contributed by atoms with Gasteiger partial charge in [-0.05, 0) is 104 Å². The lowest BCUT2D eigenvalue weighted by molar-refractivity contribution is -0.136. The van der Waals surface area contributed by atoms with Crippen LogP contribution in [0.3, 0.4) is 0 Å². The van der Waals surface area contributed by atoms with Crippen LogP contribution >= 0.6 is 0 Å². The first-order valence-electron chi connectivity index (χ1n) is 17.5. The van der Waals surface area contributed by atoms with Crippen molar-refractivity contribution in [3.05, 3.63) is 119 Å². The lowest BCUT2D eigenvalue weighted by atomic mass is 9.91. The summed E-state index contributed by atoms with van der Waals surface area (Å²) in [6.45, 7) is 7.76. The Hall–Kier alpha value is -5.29. The van der Waals surface area contributed by atoms with Gasteiger partial charge in [0.15, 0.2) is 5.82 Å². The normalized spacial score (nSPS) is 14.9. The van der Waals surface area contributed by atoms with Gasteiger partial charge < -0.3 is 20.6 Å². The molecule has 1 atom stereocenters. The van der Waals surface area contributed by atoms with Crippen LogP contribution < -0.4 is 10.6 Å². The quantitative estimate of drug-likeness (QED) is 0.132. The number of carbonyl (C=O) groups is 1. The Morgan fingerprint density at radius 1 is 0.882 bits per heavy atom. The Labute approximate surface area is 298 Å². The number of anilines is 2. The van der Waals surface area contributed by atoms with E-state index in [1.165, 1.54) is 28.7 Å². The molecule has 3 N–H and O–H groups in total. The molecule has 0 spiro atoms. The minimum atomic E-state index is -0.884. The molecule has 0 saturated carbocycles. The van der Waals surface area contributed by atoms with Gasteiger partial charge in [0.2, 0.25) is 0 Å². The molecule has 0 amide bonds. The minimum absolute atomic E-state index is 0.0943. The highest BCUT2D eigenvalue weighted by Gasteiger charge is 2.24. The molecular formula is C41H44N8O2. The summed E-state index contributed by atoms with van der Waals surface area (Å²) in [6, 6.07) is 21.7. The number of fused-ring (bicyclic) bond motifs is 2. The Balaban J connectivity index is 1.11. The van der Waals surface area contributed by atoms with Gasteiger partial charge in [-0.15, -0.1) is 0 Å². The van der Waals surface area contributed by atoms with E-state index in [0.29, 0.717) is 19.0 Å². The summed E-state index contributed by atoms with van der Waals surface area (Å²) in [5, 5.41) is 17.5. The molecule has 6 aromatic rings. The molecule has 2 aromatic carbocycles. The van der Waals surface area contributed by atoms with Crippen LogP contribution in [0.15, 0.2) is 85.5 Å². The summed E-state index contributed by atoms with van der Waals surface area (Å²) < 4.78 is 0. The number of likely N-dealkylation sites (N-methyl/N-ethyl adjacent to an activating group) is 1. The molecule has 1 saturated heterocycles. The Kier molecular flexibility index (Phi) is 9.99. The first-order valence-corrected chi connectivity index (χ1v) is 17.5. The van der Waals surface area contributed by atoms with Crippen LogP contribution in [-0.4, -0.2) is 80.6 Å². The molecule has 4 aromatic heterocycles. The van der Waals surface area contributed by atoms with E-state index in [4.69, 9.17) is 25.0 Å². The molecule has 7 rings (SSSR count). The molecule has 1 fully saturated rings. The fourth-order valence-electron chi connectivity index (χ4n) is 7.16. The number of aromatic nitrogens is 4. The van der Waals surface area contributed by atoms with E-state index in [9.17, 15) is 4.79 Å². The molecule has 1 aliphatic rings. The fraction of sp³-hybridized carbons (Fsp3) is 0.293. The van der Waals surface area contributed by atoms with Gasteiger partial charge in [0.25, 0.3) is 0 Å². The first-order chi connectivity index (χ1) is 24.7. The molecular weight excluding hydrogens is 637 g/mol. The summed E-state index contributed by atoms with van der Waals surface area (Å²) in [6.07, 6.45) is 9.30. The Morgan fingerprint density at radius 3 is 2.37 bits per heavy atom. The van der Waals surface area contributed by atoms with Gasteiger partial charge in [0.05, 0.1) is 17.8 Å². The zero-order valence-electron chi connectivity index (χ0n) is 29.6. The predicted molar refractivity (Wildman–Crippen MR) is 203 cm³/mol. The van der Waals surface area contributed by atoms with Gasteiger partial charge in [-0.3, -0.25) is 24.6 Å². The highest BCUT2D eigenvalue weighted by molar-refractivity contribution is 5.91. The number of likely N-dealkylation sites (tertiary alicyclic amines) is 1. The molecule has 260 valence electrons. The largest absolute Gasteiger partial charge is 0.480 e. The number of nitrogens with zero attached hydrogens (tertiary/aromatic N) is 6. The van der Waals surface area contributed by atoms with Crippen molar-refractivity contribution in [2.24, 2.45) is 0 Å². The Morgan fingerprint density at radius 2 is 1.59 bits per heavy atom. The van der Waals surface area contributed by atoms with Crippen molar-refractivity contribution in [2.75, 3.05) is 39.0 Å². The molecule has 10 heteroatoms. The van der Waals surface area contributed by atoms with Crippen LogP contribution in [0.4, 0.5) is 11.5 Å². The van der Waals surface area contributed by atoms with Gasteiger partial charge in [0.1, 0.15) is 5.52 Å². The smallest absolute Gasteiger partial charge is 0.317 e. The van der Waals surface area contributed by atoms with Crippen molar-refractivity contribution < 1.29 is 9.90 Å². The Bertz CT molecular complexity index is 2220. The fourth-order valence-corrected chi connectivity index (χ4v) is 7.16. The second kappa shape index (κ2) is 14.9. The topological polar surface area (TPSA) is 119 Å². The SMILES string of the molecule is Cc1c(Cc2nccc3cc(CNCC(=O)O)cnc23)cccc1-c1cccc(Nc2nccc3cc(CN4CC[C@H](N(C)C)C4)cnc23)c1C. The van der Waals surface area contributed by atoms with E-state index in [2.05, 4.69) is 90.8 Å². The van der Waals surface area contributed by atoms with E-state index in [-0.39, 0.29) is 6.54 Å². The number of rotatable bonds is 12. The van der Waals surface area contributed by atoms with Gasteiger partial charge in [-0.1, -0.05) is 30.3 Å². The van der Waals surface area contributed by atoms with E-state index < -0.39 is 5.97 Å². The van der Waals surface area contributed by atoms with Crippen LogP contribution in [0.1, 0.15) is 39.9 Å². The van der Waals surface area contributed by atoms with Crippen LogP contribution in [0.2, 0.25) is 0 Å². The third-order valence-electron chi connectivity index (χ3n) is 10.1. The zero-order valence-corrected chi connectivity index (χ0v) is 29.6. The van der Waals surface area contributed by atoms with E-state index >= 15 is 0 Å². The standard InChI is InChI=1S/C41H44N8O2/c1-26-30(19-37-39-31(11-14-43-37)17-28(21-45-39)20-42-23-38(50)51)7-5-8-34(26)35-9-6-10-36(27(35)2)47-41-40-32(12-15-44-41)18-29(22-46-40)24-49-16-13-33(25-49)48(3)4/h5-12,14-15,17-18,21-22,33,42H,13,16,19-20,23-25H2,1-4H3,(H,44,47)(H,50,51)/t33-/m0/s1. The predicted octanol–water partition coefficient (Wildman–Crippen LogP) is 6.50. The van der Waals surface area contributed by atoms with Crippen molar-refractivity contribution in [3.8, 4) is 11.1 Å². The molecule has 0 aliphatic carbocycles. The molecule has 5 heterocycles. The third kappa shape index (κ3) is 7.58. The van der Waals surface area contributed by atoms with Crippen LogP contribution in [0.5, 0.6) is 0 Å². The molecule has 1 aliphatic heterocycles. The van der Waals surface area contributed by atoms with Crippen LogP contribution in [-0.2, 0) is 24.3 Å². The van der Waals surface area contributed by atoms with E-state index in [1.807, 2.05) is 36.8 Å². The molecule has 0 bridgehead atoms. The number of benzene rings is 2. The van der Waals surface area contributed by atoms with Crippen molar-refractivity contribution in [1.29, 1.82) is 0 Å². The van der Waals surface area contributed by atoms with Gasteiger partial charge in [0, 0.05) is 79.9 Å². The number of aliphatic carboxylic acids is 1. The lowest BCUT2D eigenvalue weighted by Gasteiger charge is -2.20. The van der Waals surface area contributed by atoms with Crippen molar-refractivity contribution in [3.63, 3.8) is 0 Å². The van der Waals surface area contributed by atoms with Gasteiger partial charge >= 0.3 is 5.97 Å². The first kappa shape index (κ1) is 34.2. The molecule has 0 unspecified atom stereocenters. The summed E-state index contributed by atoms with van der Waals surface area (Å²) in [4.78, 5) is 34.8. The monoisotopic (exact) mass is 680 g/mol. The average molecular weight is 681 g/mol. The van der Waals surface area contributed by atoms with Crippen LogP contribution in [0, 0.1) is 13.8 Å². The van der Waals surface area contributed by atoms with Gasteiger partial charge in [-0.25, -0.2) is 4.98 Å². The average Bonchev–Trinajstić information content (AvgIpc) is 3.59. The van der Waals surface area contributed by atoms with Crippen LogP contribution in [0.25, 0.3) is 32.9 Å². The maximum Gasteiger partial charge on any atom is 0.317 e. The van der Waals surface area contributed by atoms with E-state index in [1.54, 1.807) is 6.20 Å². The van der Waals surface area contributed by atoms with E-state index in [0.717, 1.165) is 75.3 Å². The number of nitrogens with one attached hydrogen (secondary N) is 2. The van der Waals surface area contributed by atoms with Gasteiger partial charge in [-0.2, -0.15) is 0 Å². The number of pyridine rings is 4. The summed E-state index contributed by atoms with van der Waals surface area (Å²) in [7, 11) is 4.33. The summed E-state index contributed by atoms with van der Waals surface area (Å²) in [5.74, 6) is -0.139. The van der Waals surface area contributed by atoms with Crippen molar-refractivity contribution in [1.82, 2.24) is 35.1 Å². The van der Waals surface area contributed by atoms with Crippen molar-refractivity contribution >= 4 is 39.3 Å². The highest BCUT2D eigenvalue weighted by atomic mass is 16.4. The summed E-state index contributed by atoms with van der Waals surface area (Å²) >= 11 is 0. The lowest BCUT2D eigenvalue weighted by Crippen LogP contribution is -2.31. The second-order valence-corrected chi connectivity index (χ2v) is 13.8. The molecule has 51 heavy (non-hydrogen) atoms. The minimum Gasteiger partial charge on any atom is -0.480 e. The number of hydrogen-bond acceptors (Lipinski definition) is 9. The second-order valence-electron chi connectivity index (χ2n) is 13.8. The zero-order chi connectivity index (χ0) is 35.5. The van der Waals surface area contributed by atoms with Crippen molar-refractivity contribution in [2.45, 2.75) is 45.8 Å². The molecule has 10 nitrogen and oxygen atoms in total. The number of carboxylic acids is 1. The third-order valence-corrected chi connectivity index (χ3v) is 10.1. The highest BCUT2D eigenvalue weighted by Crippen LogP contribution is 2.35. The molecule has 0 radical (unpaired) electrons. The summed E-state index contributed by atoms with van der Waals surface area (Å²) in [5.41, 5.74) is 11.6. The number of carboxylic acid groups (broad SMARTS) is 1. The maximum absolute atomic E-state index is 10.9. The maximum atomic E-state index is 10.9.